The fourth-order valence-electron chi connectivity index (χ4n) is 2.18. The highest BCUT2D eigenvalue weighted by Crippen LogP contribution is 2.28. The van der Waals surface area contributed by atoms with Crippen LogP contribution >= 0.6 is 0 Å². The Kier molecular flexibility index (Phi) is 5.15. The van der Waals surface area contributed by atoms with Crippen LogP contribution in [0, 0.1) is 5.92 Å². The topological polar surface area (TPSA) is 66.8 Å². The summed E-state index contributed by atoms with van der Waals surface area (Å²) in [6, 6.07) is 12.5. The Balaban J connectivity index is 2.50. The number of aromatic hydroxyl groups is 1. The second-order valence-electron chi connectivity index (χ2n) is 5.63. The highest BCUT2D eigenvalue weighted by atomic mass is 32.2. The molecule has 1 N–H and O–H groups in total. The molecule has 0 unspecified atom stereocenters. The normalized spacial score (nSPS) is 11.5. The highest BCUT2D eigenvalue weighted by Gasteiger charge is 2.26. The molecular weight excluding hydrogens is 314 g/mol. The molecule has 0 bridgehead atoms. The summed E-state index contributed by atoms with van der Waals surface area (Å²) in [4.78, 5) is 0.138. The van der Waals surface area contributed by atoms with Gasteiger partial charge in [-0.2, -0.15) is 0 Å². The first-order valence-electron chi connectivity index (χ1n) is 7.30. The van der Waals surface area contributed by atoms with Gasteiger partial charge in [0.25, 0.3) is 10.0 Å². The Morgan fingerprint density at radius 3 is 2.35 bits per heavy atom. The number of methoxy groups -OCH3 is 1. The van der Waals surface area contributed by atoms with Gasteiger partial charge >= 0.3 is 0 Å². The summed E-state index contributed by atoms with van der Waals surface area (Å²) < 4.78 is 32.5. The molecule has 0 fully saturated rings. The summed E-state index contributed by atoms with van der Waals surface area (Å²) in [5.74, 6) is 0.769. The molecule has 0 spiro atoms. The van der Waals surface area contributed by atoms with Crippen LogP contribution in [0.4, 0.5) is 5.69 Å². The molecule has 0 radical (unpaired) electrons. The molecule has 6 heteroatoms. The maximum Gasteiger partial charge on any atom is 0.264 e. The zero-order chi connectivity index (χ0) is 17.0. The fourth-order valence-corrected chi connectivity index (χ4v) is 3.80. The van der Waals surface area contributed by atoms with Crippen molar-refractivity contribution in [3.8, 4) is 11.5 Å². The molecule has 0 heterocycles. The van der Waals surface area contributed by atoms with Gasteiger partial charge in [-0.15, -0.1) is 0 Å². The number of nitrogens with zero attached hydrogens (tertiary/aromatic N) is 1. The van der Waals surface area contributed by atoms with Crippen molar-refractivity contribution < 1.29 is 18.3 Å². The molecule has 0 atom stereocenters. The van der Waals surface area contributed by atoms with Crippen molar-refractivity contribution in [1.29, 1.82) is 0 Å². The Labute approximate surface area is 137 Å². The summed E-state index contributed by atoms with van der Waals surface area (Å²) >= 11 is 0. The van der Waals surface area contributed by atoms with Crippen LogP contribution in [-0.4, -0.2) is 27.2 Å². The van der Waals surface area contributed by atoms with Gasteiger partial charge in [-0.1, -0.05) is 19.9 Å². The molecule has 0 amide bonds. The van der Waals surface area contributed by atoms with E-state index >= 15 is 0 Å². The van der Waals surface area contributed by atoms with E-state index in [1.165, 1.54) is 28.6 Å². The maximum atomic E-state index is 13.0. The third kappa shape index (κ3) is 3.96. The van der Waals surface area contributed by atoms with E-state index < -0.39 is 10.0 Å². The Bertz CT molecular complexity index is 754. The number of ether oxygens (including phenoxy) is 1. The number of anilines is 1. The lowest BCUT2D eigenvalue weighted by molar-refractivity contribution is 0.415. The van der Waals surface area contributed by atoms with E-state index in [0.717, 1.165) is 0 Å². The van der Waals surface area contributed by atoms with Gasteiger partial charge in [0.1, 0.15) is 11.5 Å². The molecule has 0 saturated carbocycles. The Morgan fingerprint density at radius 2 is 1.78 bits per heavy atom. The van der Waals surface area contributed by atoms with Gasteiger partial charge in [-0.05, 0) is 42.3 Å². The second kappa shape index (κ2) is 6.91. The van der Waals surface area contributed by atoms with E-state index in [-0.39, 0.29) is 16.6 Å². The highest BCUT2D eigenvalue weighted by molar-refractivity contribution is 7.92. The molecule has 0 aliphatic carbocycles. The van der Waals surface area contributed by atoms with Gasteiger partial charge < -0.3 is 9.84 Å². The van der Waals surface area contributed by atoms with Crippen molar-refractivity contribution >= 4 is 15.7 Å². The Morgan fingerprint density at radius 1 is 1.13 bits per heavy atom. The van der Waals surface area contributed by atoms with Crippen LogP contribution in [0.5, 0.6) is 11.5 Å². The zero-order valence-electron chi connectivity index (χ0n) is 13.4. The van der Waals surface area contributed by atoms with E-state index in [9.17, 15) is 13.5 Å². The molecule has 23 heavy (non-hydrogen) atoms. The number of benzene rings is 2. The van der Waals surface area contributed by atoms with E-state index in [1.807, 2.05) is 13.8 Å². The number of phenols is 1. The minimum atomic E-state index is -3.72. The number of sulfonamides is 1. The summed E-state index contributed by atoms with van der Waals surface area (Å²) in [5, 5.41) is 9.37. The SMILES string of the molecule is COc1cccc(N(CC(C)C)S(=O)(=O)c2ccc(O)cc2)c1. The van der Waals surface area contributed by atoms with E-state index in [1.54, 1.807) is 31.4 Å². The van der Waals surface area contributed by atoms with Crippen LogP contribution in [0.3, 0.4) is 0 Å². The van der Waals surface area contributed by atoms with Crippen LogP contribution < -0.4 is 9.04 Å². The lowest BCUT2D eigenvalue weighted by atomic mass is 10.2. The van der Waals surface area contributed by atoms with Gasteiger partial charge in [0, 0.05) is 12.6 Å². The summed E-state index contributed by atoms with van der Waals surface area (Å²) in [5.41, 5.74) is 0.547. The largest absolute Gasteiger partial charge is 0.508 e. The van der Waals surface area contributed by atoms with E-state index in [4.69, 9.17) is 4.74 Å². The van der Waals surface area contributed by atoms with Crippen molar-refractivity contribution in [1.82, 2.24) is 0 Å². The van der Waals surface area contributed by atoms with Crippen LogP contribution in [0.25, 0.3) is 0 Å². The van der Waals surface area contributed by atoms with Crippen molar-refractivity contribution in [2.45, 2.75) is 18.7 Å². The summed E-state index contributed by atoms with van der Waals surface area (Å²) in [6.07, 6.45) is 0. The van der Waals surface area contributed by atoms with E-state index in [0.29, 0.717) is 18.0 Å². The fraction of sp³-hybridized carbons (Fsp3) is 0.294. The zero-order valence-corrected chi connectivity index (χ0v) is 14.2. The van der Waals surface area contributed by atoms with Gasteiger partial charge in [-0.25, -0.2) is 8.42 Å². The first-order chi connectivity index (χ1) is 10.8. The van der Waals surface area contributed by atoms with Crippen molar-refractivity contribution in [3.63, 3.8) is 0 Å². The summed E-state index contributed by atoms with van der Waals surface area (Å²) in [6.45, 7) is 4.26. The van der Waals surface area contributed by atoms with Crippen LogP contribution in [0.1, 0.15) is 13.8 Å². The molecule has 0 aliphatic heterocycles. The predicted molar refractivity (Wildman–Crippen MR) is 90.5 cm³/mol. The quantitative estimate of drug-likeness (QED) is 0.880. The first kappa shape index (κ1) is 17.1. The average Bonchev–Trinajstić information content (AvgIpc) is 2.52. The molecule has 5 nitrogen and oxygen atoms in total. The average molecular weight is 335 g/mol. The molecule has 2 rings (SSSR count). The minimum Gasteiger partial charge on any atom is -0.508 e. The van der Waals surface area contributed by atoms with Crippen LogP contribution in [0.15, 0.2) is 53.4 Å². The molecular formula is C17H21NO4S. The smallest absolute Gasteiger partial charge is 0.264 e. The molecule has 124 valence electrons. The number of rotatable bonds is 6. The van der Waals surface area contributed by atoms with Gasteiger partial charge in [0.05, 0.1) is 17.7 Å². The third-order valence-electron chi connectivity index (χ3n) is 3.30. The van der Waals surface area contributed by atoms with Crippen molar-refractivity contribution in [2.24, 2.45) is 5.92 Å². The molecule has 2 aromatic carbocycles. The lowest BCUT2D eigenvalue weighted by Gasteiger charge is -2.26. The third-order valence-corrected chi connectivity index (χ3v) is 5.11. The predicted octanol–water partition coefficient (Wildman–Crippen LogP) is 3.25. The Hall–Kier alpha value is -2.21. The standard InChI is InChI=1S/C17H21NO4S/c1-13(2)12-18(14-5-4-6-16(11-14)22-3)23(20,21)17-9-7-15(19)8-10-17/h4-11,13,19H,12H2,1-3H3. The number of hydrogen-bond donors (Lipinski definition) is 1. The molecule has 0 saturated heterocycles. The molecule has 0 aromatic heterocycles. The number of hydrogen-bond acceptors (Lipinski definition) is 4. The monoisotopic (exact) mass is 335 g/mol. The van der Waals surface area contributed by atoms with Crippen LogP contribution in [-0.2, 0) is 10.0 Å². The first-order valence-corrected chi connectivity index (χ1v) is 8.74. The number of phenolic OH excluding ortho intramolecular Hbond substituents is 1. The minimum absolute atomic E-state index is 0.0285. The summed E-state index contributed by atoms with van der Waals surface area (Å²) in [7, 11) is -2.18. The molecule has 2 aromatic rings. The maximum absolute atomic E-state index is 13.0. The van der Waals surface area contributed by atoms with Gasteiger partial charge in [0.15, 0.2) is 0 Å². The lowest BCUT2D eigenvalue weighted by Crippen LogP contribution is -2.34. The van der Waals surface area contributed by atoms with Gasteiger partial charge in [0.2, 0.25) is 0 Å². The molecule has 0 aliphatic rings. The van der Waals surface area contributed by atoms with Crippen molar-refractivity contribution in [3.05, 3.63) is 48.5 Å². The second-order valence-corrected chi connectivity index (χ2v) is 7.49. The van der Waals surface area contributed by atoms with Gasteiger partial charge in [-0.3, -0.25) is 4.31 Å². The van der Waals surface area contributed by atoms with Crippen molar-refractivity contribution in [2.75, 3.05) is 18.0 Å². The van der Waals surface area contributed by atoms with Crippen LogP contribution in [0.2, 0.25) is 0 Å². The van der Waals surface area contributed by atoms with E-state index in [2.05, 4.69) is 0 Å².